The number of hydrogen-bond acceptors (Lipinski definition) is 5. The van der Waals surface area contributed by atoms with Crippen molar-refractivity contribution >= 4 is 34.5 Å². The average molecular weight is 533 g/mol. The predicted octanol–water partition coefficient (Wildman–Crippen LogP) is 5.71. The van der Waals surface area contributed by atoms with Gasteiger partial charge >= 0.3 is 0 Å². The van der Waals surface area contributed by atoms with Gasteiger partial charge in [-0.2, -0.15) is 0 Å². The lowest BCUT2D eigenvalue weighted by Crippen LogP contribution is -2.34. The van der Waals surface area contributed by atoms with E-state index in [0.717, 1.165) is 67.9 Å². The number of imidazole rings is 1. The van der Waals surface area contributed by atoms with E-state index in [1.807, 2.05) is 30.3 Å². The molecule has 0 atom stereocenters. The van der Waals surface area contributed by atoms with Gasteiger partial charge in [-0.15, -0.1) is 0 Å². The van der Waals surface area contributed by atoms with Crippen LogP contribution in [0, 0.1) is 0 Å². The number of likely N-dealkylation sites (tertiary alicyclic amines) is 1. The van der Waals surface area contributed by atoms with Crippen molar-refractivity contribution in [3.63, 3.8) is 0 Å². The molecule has 210 valence electrons. The zero-order valence-corrected chi connectivity index (χ0v) is 23.8. The van der Waals surface area contributed by atoms with Crippen LogP contribution in [0.4, 0.5) is 11.6 Å². The number of carbonyl (C=O) groups excluding carboxylic acids is 2. The highest BCUT2D eigenvalue weighted by Gasteiger charge is 2.17. The second-order valence-electron chi connectivity index (χ2n) is 10.6. The second kappa shape index (κ2) is 14.1. The van der Waals surface area contributed by atoms with Gasteiger partial charge in [-0.25, -0.2) is 4.98 Å². The third-order valence-electron chi connectivity index (χ3n) is 7.55. The Kier molecular flexibility index (Phi) is 10.4. The summed E-state index contributed by atoms with van der Waals surface area (Å²) in [5, 5.41) is 9.36. The van der Waals surface area contributed by atoms with Crippen molar-refractivity contribution < 1.29 is 9.59 Å². The standard InChI is InChI=1S/C31H44N6O2/c1-4-10-25(11-5-2)33-30(39)24-14-17-27-28(22-24)37(21-9-20-36-18-7-6-8-19-36)31(35-27)34-26-15-12-23(13-16-26)29(38)32-3/h12-17,22,25H,4-11,18-21H2,1-3H3,(H,32,38)(H,33,39)(H,34,35). The van der Waals surface area contributed by atoms with E-state index in [1.165, 1.54) is 32.4 Å². The van der Waals surface area contributed by atoms with Crippen LogP contribution in [0.25, 0.3) is 11.0 Å². The highest BCUT2D eigenvalue weighted by molar-refractivity contribution is 5.98. The zero-order valence-electron chi connectivity index (χ0n) is 23.8. The topological polar surface area (TPSA) is 91.3 Å². The van der Waals surface area contributed by atoms with Crippen molar-refractivity contribution in [3.05, 3.63) is 53.6 Å². The Hall–Kier alpha value is -3.39. The van der Waals surface area contributed by atoms with Crippen LogP contribution >= 0.6 is 0 Å². The van der Waals surface area contributed by atoms with Crippen LogP contribution in [-0.4, -0.2) is 59.0 Å². The third kappa shape index (κ3) is 7.60. The van der Waals surface area contributed by atoms with E-state index in [9.17, 15) is 9.59 Å². The summed E-state index contributed by atoms with van der Waals surface area (Å²) in [6.07, 6.45) is 8.97. The summed E-state index contributed by atoms with van der Waals surface area (Å²) in [5.41, 5.74) is 3.94. The van der Waals surface area contributed by atoms with Crippen molar-refractivity contribution in [2.24, 2.45) is 0 Å². The van der Waals surface area contributed by atoms with Crippen LogP contribution in [0.15, 0.2) is 42.5 Å². The SMILES string of the molecule is CCCC(CCC)NC(=O)c1ccc2nc(Nc3ccc(C(=O)NC)cc3)n(CCCN3CCCCC3)c2c1. The van der Waals surface area contributed by atoms with Crippen LogP contribution in [-0.2, 0) is 6.54 Å². The molecule has 39 heavy (non-hydrogen) atoms. The summed E-state index contributed by atoms with van der Waals surface area (Å²) in [5.74, 6) is 0.602. The Bertz CT molecular complexity index is 1220. The summed E-state index contributed by atoms with van der Waals surface area (Å²) in [4.78, 5) is 32.6. The molecule has 8 heteroatoms. The molecule has 0 aliphatic carbocycles. The number of hydrogen-bond donors (Lipinski definition) is 3. The summed E-state index contributed by atoms with van der Waals surface area (Å²) < 4.78 is 2.19. The van der Waals surface area contributed by atoms with Gasteiger partial charge in [0.25, 0.3) is 11.8 Å². The average Bonchev–Trinajstić information content (AvgIpc) is 3.29. The molecule has 0 saturated carbocycles. The number of nitrogens with zero attached hydrogens (tertiary/aromatic N) is 3. The molecule has 3 aromatic rings. The van der Waals surface area contributed by atoms with Crippen LogP contribution < -0.4 is 16.0 Å². The molecule has 3 N–H and O–H groups in total. The number of piperidine rings is 1. The number of benzene rings is 2. The number of fused-ring (bicyclic) bond motifs is 1. The summed E-state index contributed by atoms with van der Waals surface area (Å²) >= 11 is 0. The largest absolute Gasteiger partial charge is 0.355 e. The lowest BCUT2D eigenvalue weighted by molar-refractivity contribution is 0.0930. The predicted molar refractivity (Wildman–Crippen MR) is 159 cm³/mol. The number of anilines is 2. The number of aryl methyl sites for hydroxylation is 1. The van der Waals surface area contributed by atoms with Gasteiger partial charge in [-0.05, 0) is 94.2 Å². The number of amides is 2. The Morgan fingerprint density at radius 1 is 0.897 bits per heavy atom. The fourth-order valence-electron chi connectivity index (χ4n) is 5.45. The van der Waals surface area contributed by atoms with Gasteiger partial charge in [0.2, 0.25) is 5.95 Å². The van der Waals surface area contributed by atoms with Crippen LogP contribution in [0.3, 0.4) is 0 Å². The maximum absolute atomic E-state index is 13.2. The molecule has 1 saturated heterocycles. The Balaban J connectivity index is 1.58. The Labute approximate surface area is 232 Å². The van der Waals surface area contributed by atoms with E-state index in [0.29, 0.717) is 11.1 Å². The second-order valence-corrected chi connectivity index (χ2v) is 10.6. The number of nitrogens with one attached hydrogen (secondary N) is 3. The molecular weight excluding hydrogens is 488 g/mol. The van der Waals surface area contributed by atoms with Gasteiger partial charge in [0, 0.05) is 36.4 Å². The van der Waals surface area contributed by atoms with Gasteiger partial charge in [0.1, 0.15) is 0 Å². The Morgan fingerprint density at radius 3 is 2.26 bits per heavy atom. The van der Waals surface area contributed by atoms with Gasteiger partial charge in [-0.1, -0.05) is 33.1 Å². The fraction of sp³-hybridized carbons (Fsp3) is 0.516. The molecule has 2 heterocycles. The van der Waals surface area contributed by atoms with Crippen molar-refractivity contribution in [1.82, 2.24) is 25.1 Å². The molecule has 0 spiro atoms. The molecule has 1 aliphatic heterocycles. The first-order chi connectivity index (χ1) is 19.0. The molecule has 1 fully saturated rings. The summed E-state index contributed by atoms with van der Waals surface area (Å²) in [6.45, 7) is 8.51. The van der Waals surface area contributed by atoms with E-state index in [-0.39, 0.29) is 17.9 Å². The number of aromatic nitrogens is 2. The maximum atomic E-state index is 13.2. The van der Waals surface area contributed by atoms with E-state index in [2.05, 4.69) is 39.3 Å². The van der Waals surface area contributed by atoms with Crippen LogP contribution in [0.5, 0.6) is 0 Å². The normalized spacial score (nSPS) is 14.1. The van der Waals surface area contributed by atoms with Crippen molar-refractivity contribution in [2.45, 2.75) is 77.8 Å². The molecule has 8 nitrogen and oxygen atoms in total. The minimum Gasteiger partial charge on any atom is -0.355 e. The molecule has 1 aromatic heterocycles. The molecule has 2 aromatic carbocycles. The maximum Gasteiger partial charge on any atom is 0.251 e. The first kappa shape index (κ1) is 28.6. The van der Waals surface area contributed by atoms with Gasteiger partial charge in [0.15, 0.2) is 0 Å². The van der Waals surface area contributed by atoms with Gasteiger partial charge in [0.05, 0.1) is 11.0 Å². The lowest BCUT2D eigenvalue weighted by atomic mass is 10.1. The van der Waals surface area contributed by atoms with E-state index >= 15 is 0 Å². The molecular formula is C31H44N6O2. The van der Waals surface area contributed by atoms with Crippen LogP contribution in [0.2, 0.25) is 0 Å². The van der Waals surface area contributed by atoms with E-state index in [4.69, 9.17) is 4.98 Å². The summed E-state index contributed by atoms with van der Waals surface area (Å²) in [6, 6.07) is 13.4. The highest BCUT2D eigenvalue weighted by Crippen LogP contribution is 2.25. The number of rotatable bonds is 13. The molecule has 0 unspecified atom stereocenters. The van der Waals surface area contributed by atoms with E-state index < -0.39 is 0 Å². The first-order valence-electron chi connectivity index (χ1n) is 14.6. The molecule has 2 amide bonds. The minimum atomic E-state index is -0.114. The van der Waals surface area contributed by atoms with Crippen molar-refractivity contribution in [3.8, 4) is 0 Å². The van der Waals surface area contributed by atoms with E-state index in [1.54, 1.807) is 19.2 Å². The molecule has 0 radical (unpaired) electrons. The monoisotopic (exact) mass is 532 g/mol. The van der Waals surface area contributed by atoms with Crippen molar-refractivity contribution in [2.75, 3.05) is 32.0 Å². The third-order valence-corrected chi connectivity index (χ3v) is 7.55. The molecule has 0 bridgehead atoms. The lowest BCUT2D eigenvalue weighted by Gasteiger charge is -2.26. The summed E-state index contributed by atoms with van der Waals surface area (Å²) in [7, 11) is 1.63. The van der Waals surface area contributed by atoms with Crippen molar-refractivity contribution in [1.29, 1.82) is 0 Å². The fourth-order valence-corrected chi connectivity index (χ4v) is 5.45. The number of carbonyl (C=O) groups is 2. The van der Waals surface area contributed by atoms with Gasteiger partial charge in [-0.3, -0.25) is 9.59 Å². The highest BCUT2D eigenvalue weighted by atomic mass is 16.2. The minimum absolute atomic E-state index is 0.0239. The Morgan fingerprint density at radius 2 is 1.59 bits per heavy atom. The van der Waals surface area contributed by atoms with Crippen LogP contribution in [0.1, 0.15) is 85.9 Å². The molecule has 4 rings (SSSR count). The zero-order chi connectivity index (χ0) is 27.6. The molecule has 1 aliphatic rings. The quantitative estimate of drug-likeness (QED) is 0.262. The first-order valence-corrected chi connectivity index (χ1v) is 14.6. The smallest absolute Gasteiger partial charge is 0.251 e. The van der Waals surface area contributed by atoms with Gasteiger partial charge < -0.3 is 25.4 Å².